The molecule has 1 aliphatic rings. The summed E-state index contributed by atoms with van der Waals surface area (Å²) in [5.41, 5.74) is 0.263. The van der Waals surface area contributed by atoms with E-state index in [1.807, 2.05) is 11.9 Å². The topological polar surface area (TPSA) is 64.0 Å². The van der Waals surface area contributed by atoms with Gasteiger partial charge in [0, 0.05) is 18.7 Å². The van der Waals surface area contributed by atoms with Crippen LogP contribution in [0.1, 0.15) is 23.2 Å². The monoisotopic (exact) mass is 278 g/mol. The van der Waals surface area contributed by atoms with Crippen molar-refractivity contribution >= 4 is 5.78 Å². The summed E-state index contributed by atoms with van der Waals surface area (Å²) < 4.78 is 0. The lowest BCUT2D eigenvalue weighted by Crippen LogP contribution is -2.46. The number of nitrogens with zero attached hydrogens (tertiary/aromatic N) is 2. The van der Waals surface area contributed by atoms with E-state index in [0.717, 1.165) is 25.9 Å². The maximum Gasteiger partial charge on any atom is 0.180 e. The highest BCUT2D eigenvalue weighted by Gasteiger charge is 2.23. The Morgan fingerprint density at radius 3 is 2.85 bits per heavy atom. The fraction of sp³-hybridized carbons (Fsp3) is 0.533. The van der Waals surface area contributed by atoms with Crippen LogP contribution in [0.2, 0.25) is 0 Å². The summed E-state index contributed by atoms with van der Waals surface area (Å²) in [5.74, 6) is -0.330. The minimum Gasteiger partial charge on any atom is -0.508 e. The minimum atomic E-state index is -0.163. The molecular weight excluding hydrogens is 256 g/mol. The summed E-state index contributed by atoms with van der Waals surface area (Å²) in [6, 6.07) is 4.45. The Bertz CT molecular complexity index is 490. The number of Topliss-reactive ketones (excluding diaryl/α,β-unsaturated/α-hetero) is 1. The number of ketones is 1. The zero-order chi connectivity index (χ0) is 14.7. The van der Waals surface area contributed by atoms with Crippen LogP contribution in [0.3, 0.4) is 0 Å². The molecule has 0 bridgehead atoms. The second kappa shape index (κ2) is 6.24. The number of likely N-dealkylation sites (N-methyl/N-ethyl adjacent to an activating group) is 2. The third kappa shape index (κ3) is 3.49. The van der Waals surface area contributed by atoms with Gasteiger partial charge in [-0.05, 0) is 45.6 Å². The van der Waals surface area contributed by atoms with Crippen LogP contribution in [0.15, 0.2) is 18.2 Å². The fourth-order valence-corrected chi connectivity index (χ4v) is 2.70. The second-order valence-electron chi connectivity index (χ2n) is 5.60. The Hall–Kier alpha value is -1.59. The van der Waals surface area contributed by atoms with Crippen molar-refractivity contribution in [1.82, 2.24) is 9.80 Å². The Kier molecular flexibility index (Phi) is 4.62. The van der Waals surface area contributed by atoms with Gasteiger partial charge in [-0.15, -0.1) is 0 Å². The molecule has 1 aromatic carbocycles. The van der Waals surface area contributed by atoms with Gasteiger partial charge in [0.2, 0.25) is 0 Å². The molecule has 110 valence electrons. The SMILES string of the molecule is CN1CCCC(N(C)CC(=O)c2ccc(O)cc2O)C1. The number of benzene rings is 1. The molecule has 0 saturated carbocycles. The summed E-state index contributed by atoms with van der Waals surface area (Å²) >= 11 is 0. The molecule has 0 aliphatic carbocycles. The van der Waals surface area contributed by atoms with Crippen molar-refractivity contribution < 1.29 is 15.0 Å². The maximum absolute atomic E-state index is 12.2. The molecule has 2 N–H and O–H groups in total. The first-order valence-electron chi connectivity index (χ1n) is 6.91. The molecule has 1 saturated heterocycles. The Balaban J connectivity index is 1.99. The quantitative estimate of drug-likeness (QED) is 0.813. The molecule has 5 heteroatoms. The van der Waals surface area contributed by atoms with Gasteiger partial charge in [0.25, 0.3) is 0 Å². The average Bonchev–Trinajstić information content (AvgIpc) is 2.38. The molecular formula is C15H22N2O3. The maximum atomic E-state index is 12.2. The zero-order valence-electron chi connectivity index (χ0n) is 12.0. The molecule has 20 heavy (non-hydrogen) atoms. The first-order valence-corrected chi connectivity index (χ1v) is 6.91. The minimum absolute atomic E-state index is 0.0405. The summed E-state index contributed by atoms with van der Waals surface area (Å²) in [6.07, 6.45) is 2.24. The number of likely N-dealkylation sites (tertiary alicyclic amines) is 1. The molecule has 1 aromatic rings. The molecule has 1 unspecified atom stereocenters. The molecule has 2 rings (SSSR count). The van der Waals surface area contributed by atoms with Crippen LogP contribution < -0.4 is 0 Å². The van der Waals surface area contributed by atoms with Crippen LogP contribution in [0.25, 0.3) is 0 Å². The summed E-state index contributed by atoms with van der Waals surface area (Å²) in [6.45, 7) is 2.35. The third-order valence-corrected chi connectivity index (χ3v) is 3.90. The highest BCUT2D eigenvalue weighted by atomic mass is 16.3. The second-order valence-corrected chi connectivity index (χ2v) is 5.60. The van der Waals surface area contributed by atoms with E-state index >= 15 is 0 Å². The van der Waals surface area contributed by atoms with E-state index in [0.29, 0.717) is 6.04 Å². The van der Waals surface area contributed by atoms with E-state index in [-0.39, 0.29) is 29.4 Å². The van der Waals surface area contributed by atoms with Crippen LogP contribution in [0, 0.1) is 0 Å². The molecule has 1 atom stereocenters. The standard InChI is InChI=1S/C15H22N2O3/c1-16-7-3-4-11(9-16)17(2)10-15(20)13-6-5-12(18)8-14(13)19/h5-6,8,11,18-19H,3-4,7,9-10H2,1-2H3. The molecule has 1 aliphatic heterocycles. The summed E-state index contributed by atoms with van der Waals surface area (Å²) in [5, 5.41) is 19.0. The molecule has 0 amide bonds. The van der Waals surface area contributed by atoms with E-state index in [2.05, 4.69) is 11.9 Å². The van der Waals surface area contributed by atoms with Crippen LogP contribution in [0.4, 0.5) is 0 Å². The fourth-order valence-electron chi connectivity index (χ4n) is 2.70. The van der Waals surface area contributed by atoms with E-state index in [1.165, 1.54) is 18.2 Å². The predicted octanol–water partition coefficient (Wildman–Crippen LogP) is 1.31. The molecule has 1 fully saturated rings. The highest BCUT2D eigenvalue weighted by Crippen LogP contribution is 2.23. The molecule has 0 aromatic heterocycles. The average molecular weight is 278 g/mol. The predicted molar refractivity (Wildman–Crippen MR) is 77.3 cm³/mol. The lowest BCUT2D eigenvalue weighted by Gasteiger charge is -2.35. The number of phenols is 2. The van der Waals surface area contributed by atoms with Gasteiger partial charge in [0.1, 0.15) is 11.5 Å². The van der Waals surface area contributed by atoms with Crippen molar-refractivity contribution in [3.8, 4) is 11.5 Å². The van der Waals surface area contributed by atoms with E-state index in [9.17, 15) is 15.0 Å². The van der Waals surface area contributed by atoms with Gasteiger partial charge in [-0.1, -0.05) is 0 Å². The number of aromatic hydroxyl groups is 2. The summed E-state index contributed by atoms with van der Waals surface area (Å²) in [7, 11) is 4.03. The number of carbonyl (C=O) groups is 1. The van der Waals surface area contributed by atoms with Crippen molar-refractivity contribution in [2.75, 3.05) is 33.7 Å². The summed E-state index contributed by atoms with van der Waals surface area (Å²) in [4.78, 5) is 16.5. The van der Waals surface area contributed by atoms with Gasteiger partial charge in [-0.25, -0.2) is 0 Å². The highest BCUT2D eigenvalue weighted by molar-refractivity contribution is 6.00. The van der Waals surface area contributed by atoms with Crippen LogP contribution in [0.5, 0.6) is 11.5 Å². The first-order chi connectivity index (χ1) is 9.47. The van der Waals surface area contributed by atoms with E-state index < -0.39 is 0 Å². The number of hydrogen-bond donors (Lipinski definition) is 2. The molecule has 0 spiro atoms. The molecule has 5 nitrogen and oxygen atoms in total. The van der Waals surface area contributed by atoms with E-state index in [4.69, 9.17) is 0 Å². The lowest BCUT2D eigenvalue weighted by molar-refractivity contribution is 0.0855. The molecule has 1 heterocycles. The van der Waals surface area contributed by atoms with Crippen molar-refractivity contribution in [2.45, 2.75) is 18.9 Å². The number of piperidine rings is 1. The van der Waals surface area contributed by atoms with Gasteiger partial charge in [0.15, 0.2) is 5.78 Å². The zero-order valence-corrected chi connectivity index (χ0v) is 12.0. The van der Waals surface area contributed by atoms with Gasteiger partial charge in [0.05, 0.1) is 12.1 Å². The third-order valence-electron chi connectivity index (χ3n) is 3.90. The van der Waals surface area contributed by atoms with Gasteiger partial charge in [-0.2, -0.15) is 0 Å². The van der Waals surface area contributed by atoms with Gasteiger partial charge >= 0.3 is 0 Å². The Morgan fingerprint density at radius 1 is 1.45 bits per heavy atom. The normalized spacial score (nSPS) is 20.2. The largest absolute Gasteiger partial charge is 0.508 e. The van der Waals surface area contributed by atoms with Crippen LogP contribution in [-0.4, -0.2) is 65.6 Å². The first kappa shape index (κ1) is 14.8. The smallest absolute Gasteiger partial charge is 0.180 e. The van der Waals surface area contributed by atoms with Crippen LogP contribution >= 0.6 is 0 Å². The molecule has 0 radical (unpaired) electrons. The van der Waals surface area contributed by atoms with Crippen molar-refractivity contribution in [3.63, 3.8) is 0 Å². The Labute approximate surface area is 119 Å². The van der Waals surface area contributed by atoms with E-state index in [1.54, 1.807) is 0 Å². The number of phenolic OH excluding ortho intramolecular Hbond substituents is 2. The lowest BCUT2D eigenvalue weighted by atomic mass is 10.0. The van der Waals surface area contributed by atoms with Crippen molar-refractivity contribution in [2.24, 2.45) is 0 Å². The number of hydrogen-bond acceptors (Lipinski definition) is 5. The Morgan fingerprint density at radius 2 is 2.20 bits per heavy atom. The van der Waals surface area contributed by atoms with Crippen molar-refractivity contribution in [1.29, 1.82) is 0 Å². The van der Waals surface area contributed by atoms with Gasteiger partial charge < -0.3 is 15.1 Å². The number of rotatable bonds is 4. The van der Waals surface area contributed by atoms with Gasteiger partial charge in [-0.3, -0.25) is 9.69 Å². The number of carbonyl (C=O) groups excluding carboxylic acids is 1. The van der Waals surface area contributed by atoms with Crippen LogP contribution in [-0.2, 0) is 0 Å². The van der Waals surface area contributed by atoms with Crippen molar-refractivity contribution in [3.05, 3.63) is 23.8 Å².